The Morgan fingerprint density at radius 1 is 0.643 bits per heavy atom. The first-order valence-electron chi connectivity index (χ1n) is 19.1. The molecule has 1 fully saturated rings. The first-order valence-corrected chi connectivity index (χ1v) is 19.1. The summed E-state index contributed by atoms with van der Waals surface area (Å²) in [6.07, 6.45) is -0.231. The number of carbonyl (C=O) groups is 6. The Bertz CT molecular complexity index is 1630. The van der Waals surface area contributed by atoms with Gasteiger partial charge in [-0.2, -0.15) is 0 Å². The molecule has 2 aromatic rings. The van der Waals surface area contributed by atoms with Gasteiger partial charge >= 0.3 is 0 Å². The Hall–Kier alpha value is -5.55. The van der Waals surface area contributed by atoms with Crippen molar-refractivity contribution in [3.63, 3.8) is 0 Å². The van der Waals surface area contributed by atoms with E-state index in [1.165, 1.54) is 6.92 Å². The van der Waals surface area contributed by atoms with E-state index in [0.717, 1.165) is 11.1 Å². The van der Waals surface area contributed by atoms with E-state index in [9.17, 15) is 33.9 Å². The molecule has 1 aliphatic heterocycles. The van der Waals surface area contributed by atoms with E-state index in [0.29, 0.717) is 12.8 Å². The van der Waals surface area contributed by atoms with Crippen molar-refractivity contribution in [3.05, 3.63) is 71.8 Å². The zero-order chi connectivity index (χ0) is 41.2. The van der Waals surface area contributed by atoms with Gasteiger partial charge in [-0.1, -0.05) is 74.5 Å². The maximum atomic E-state index is 14.2. The van der Waals surface area contributed by atoms with Crippen LogP contribution >= 0.6 is 0 Å². The van der Waals surface area contributed by atoms with Crippen molar-refractivity contribution in [2.24, 2.45) is 17.4 Å². The largest absolute Gasteiger partial charge is 0.391 e. The van der Waals surface area contributed by atoms with Gasteiger partial charge in [0.25, 0.3) is 0 Å². The molecule has 13 N–H and O–H groups in total. The van der Waals surface area contributed by atoms with E-state index in [1.807, 2.05) is 36.4 Å². The third kappa shape index (κ3) is 14.6. The van der Waals surface area contributed by atoms with Gasteiger partial charge < -0.3 is 53.8 Å². The summed E-state index contributed by atoms with van der Waals surface area (Å²) < 4.78 is 0. The molecule has 6 amide bonds. The van der Waals surface area contributed by atoms with Crippen LogP contribution in [0.3, 0.4) is 0 Å². The van der Waals surface area contributed by atoms with Crippen molar-refractivity contribution in [1.82, 2.24) is 37.2 Å². The Morgan fingerprint density at radius 3 is 1.62 bits per heavy atom. The molecule has 2 aromatic carbocycles. The molecule has 0 unspecified atom stereocenters. The highest BCUT2D eigenvalue weighted by Crippen LogP contribution is 2.12. The fraction of sp³-hybridized carbons (Fsp3) is 0.513. The van der Waals surface area contributed by atoms with Crippen molar-refractivity contribution < 1.29 is 33.9 Å². The summed E-state index contributed by atoms with van der Waals surface area (Å²) in [4.78, 5) is 83.6. The van der Waals surface area contributed by atoms with Crippen LogP contribution in [0.2, 0.25) is 0 Å². The van der Waals surface area contributed by atoms with Gasteiger partial charge in [0.1, 0.15) is 36.3 Å². The van der Waals surface area contributed by atoms with E-state index in [-0.39, 0.29) is 51.2 Å². The number of aliphatic hydroxyl groups excluding tert-OH is 1. The molecule has 17 heteroatoms. The van der Waals surface area contributed by atoms with E-state index >= 15 is 0 Å². The number of amides is 6. The standard InChI is InChI=1S/C39H58N10O7/c1-23(2)31-37(55)47-30(22-26-14-8-5-9-15-26)36(54)45-29(19-18-25-12-6-4-7-13-25)33(51)44-27(16-10-20-40)35(53)49-32(24(3)50)38(56)46-28(34(52)48-31)17-11-21-43-39(41)42/h4-9,12-15,23-24,27-32,50H,10-11,16-22,40H2,1-3H3,(H,44,51)(H,45,54)(H,46,56)(H,47,55)(H,48,52)(H,49,53)(H4,41,42,43)/t24-,27-,28-,29+,30-,31+,32+/m1/s1. The van der Waals surface area contributed by atoms with Gasteiger partial charge in [0.15, 0.2) is 5.96 Å². The maximum absolute atomic E-state index is 14.2. The van der Waals surface area contributed by atoms with Crippen LogP contribution in [0.4, 0.5) is 0 Å². The maximum Gasteiger partial charge on any atom is 0.245 e. The van der Waals surface area contributed by atoms with Crippen molar-refractivity contribution >= 4 is 41.4 Å². The van der Waals surface area contributed by atoms with Crippen LogP contribution in [0.5, 0.6) is 0 Å². The lowest BCUT2D eigenvalue weighted by atomic mass is 9.99. The van der Waals surface area contributed by atoms with Gasteiger partial charge in [0, 0.05) is 13.0 Å². The molecule has 1 heterocycles. The van der Waals surface area contributed by atoms with Crippen LogP contribution < -0.4 is 48.7 Å². The number of rotatable bonds is 14. The topological polar surface area (TPSA) is 283 Å². The smallest absolute Gasteiger partial charge is 0.245 e. The lowest BCUT2D eigenvalue weighted by molar-refractivity contribution is -0.138. The van der Waals surface area contributed by atoms with Gasteiger partial charge in [-0.05, 0) is 69.0 Å². The predicted molar refractivity (Wildman–Crippen MR) is 210 cm³/mol. The number of benzene rings is 2. The van der Waals surface area contributed by atoms with Crippen LogP contribution in [0, 0.1) is 11.3 Å². The third-order valence-corrected chi connectivity index (χ3v) is 9.37. The second kappa shape index (κ2) is 22.7. The number of nitrogens with one attached hydrogen (secondary N) is 8. The molecule has 17 nitrogen and oxygen atoms in total. The third-order valence-electron chi connectivity index (χ3n) is 9.37. The fourth-order valence-electron chi connectivity index (χ4n) is 6.19. The summed E-state index contributed by atoms with van der Waals surface area (Å²) in [7, 11) is 0. The lowest BCUT2D eigenvalue weighted by Crippen LogP contribution is -2.63. The van der Waals surface area contributed by atoms with Crippen LogP contribution in [0.15, 0.2) is 60.7 Å². The highest BCUT2D eigenvalue weighted by molar-refractivity contribution is 5.98. The van der Waals surface area contributed by atoms with Crippen molar-refractivity contribution in [1.29, 1.82) is 5.41 Å². The first-order chi connectivity index (χ1) is 26.7. The average molecular weight is 779 g/mol. The monoisotopic (exact) mass is 778 g/mol. The minimum atomic E-state index is -1.55. The van der Waals surface area contributed by atoms with E-state index in [1.54, 1.807) is 38.1 Å². The Balaban J connectivity index is 2.09. The minimum Gasteiger partial charge on any atom is -0.391 e. The predicted octanol–water partition coefficient (Wildman–Crippen LogP) is -1.18. The summed E-state index contributed by atoms with van der Waals surface area (Å²) in [5.74, 6) is -5.19. The normalized spacial score (nSPS) is 23.6. The molecule has 1 aliphatic rings. The average Bonchev–Trinajstić information content (AvgIpc) is 3.16. The van der Waals surface area contributed by atoms with E-state index in [4.69, 9.17) is 16.9 Å². The molecule has 56 heavy (non-hydrogen) atoms. The highest BCUT2D eigenvalue weighted by atomic mass is 16.3. The summed E-state index contributed by atoms with van der Waals surface area (Å²) >= 11 is 0. The number of hydrogen-bond acceptors (Lipinski definition) is 9. The number of carbonyl (C=O) groups excluding carboxylic acids is 6. The van der Waals surface area contributed by atoms with Crippen LogP contribution in [0.1, 0.15) is 64.0 Å². The minimum absolute atomic E-state index is 0.0172. The molecular weight excluding hydrogens is 720 g/mol. The summed E-state index contributed by atoms with van der Waals surface area (Å²) in [5.41, 5.74) is 12.8. The van der Waals surface area contributed by atoms with Crippen LogP contribution in [-0.4, -0.2) is 102 Å². The Labute approximate surface area is 327 Å². The molecule has 0 aromatic heterocycles. The molecule has 0 radical (unpaired) electrons. The molecule has 0 bridgehead atoms. The Morgan fingerprint density at radius 2 is 1.09 bits per heavy atom. The van der Waals surface area contributed by atoms with Gasteiger partial charge in [0.05, 0.1) is 6.10 Å². The van der Waals surface area contributed by atoms with Gasteiger partial charge in [0.2, 0.25) is 35.4 Å². The summed E-state index contributed by atoms with van der Waals surface area (Å²) in [6, 6.07) is 10.7. The summed E-state index contributed by atoms with van der Waals surface area (Å²) in [6.45, 7) is 5.07. The number of nitrogens with two attached hydrogens (primary N) is 2. The van der Waals surface area contributed by atoms with Gasteiger partial charge in [-0.3, -0.25) is 34.2 Å². The quantitative estimate of drug-likeness (QED) is 0.0621. The number of hydrogen-bond donors (Lipinski definition) is 11. The molecule has 7 atom stereocenters. The van der Waals surface area contributed by atoms with Crippen molar-refractivity contribution in [3.8, 4) is 0 Å². The fourth-order valence-corrected chi connectivity index (χ4v) is 6.19. The van der Waals surface area contributed by atoms with Gasteiger partial charge in [-0.25, -0.2) is 0 Å². The number of aliphatic hydroxyl groups is 1. The second-order valence-corrected chi connectivity index (χ2v) is 14.3. The van der Waals surface area contributed by atoms with Crippen LogP contribution in [0.25, 0.3) is 0 Å². The molecule has 0 spiro atoms. The zero-order valence-corrected chi connectivity index (χ0v) is 32.3. The molecule has 0 saturated carbocycles. The SMILES string of the molecule is CC(C)[C@@H]1NC(=O)[C@@H](CCCNC(=N)N)NC(=O)[C@H]([C@@H](C)O)NC(=O)[C@@H](CCCN)NC(=O)[C@H](CCc2ccccc2)NC(=O)[C@@H](Cc2ccccc2)NC1=O. The second-order valence-electron chi connectivity index (χ2n) is 14.3. The lowest BCUT2D eigenvalue weighted by Gasteiger charge is -2.30. The van der Waals surface area contributed by atoms with Crippen molar-refractivity contribution in [2.75, 3.05) is 13.1 Å². The number of guanidine groups is 1. The Kier molecular flexibility index (Phi) is 18.2. The highest BCUT2D eigenvalue weighted by Gasteiger charge is 2.36. The van der Waals surface area contributed by atoms with Crippen LogP contribution in [-0.2, 0) is 41.6 Å². The first kappa shape index (κ1) is 44.8. The number of aryl methyl sites for hydroxylation is 1. The molecule has 306 valence electrons. The zero-order valence-electron chi connectivity index (χ0n) is 32.3. The van der Waals surface area contributed by atoms with E-state index < -0.39 is 83.7 Å². The summed E-state index contributed by atoms with van der Waals surface area (Å²) in [5, 5.41) is 36.9. The van der Waals surface area contributed by atoms with Crippen molar-refractivity contribution in [2.45, 2.75) is 108 Å². The van der Waals surface area contributed by atoms with Gasteiger partial charge in [-0.15, -0.1) is 0 Å². The molecule has 0 aliphatic carbocycles. The molecule has 1 saturated heterocycles. The van der Waals surface area contributed by atoms with E-state index in [2.05, 4.69) is 37.2 Å². The molecule has 3 rings (SSSR count). The molecular formula is C39H58N10O7.